The summed E-state index contributed by atoms with van der Waals surface area (Å²) < 4.78 is 0. The summed E-state index contributed by atoms with van der Waals surface area (Å²) in [6.07, 6.45) is 7.13. The molecule has 1 saturated carbocycles. The maximum atomic E-state index is 12.0. The van der Waals surface area contributed by atoms with E-state index in [0.29, 0.717) is 5.92 Å². The molecular weight excluding hydrogens is 246 g/mol. The number of aromatic carboxylic acids is 1. The smallest absolute Gasteiger partial charge is 0.354 e. The van der Waals surface area contributed by atoms with Crippen LogP contribution in [0.15, 0.2) is 6.33 Å². The normalized spacial score (nSPS) is 17.9. The highest BCUT2D eigenvalue weighted by Gasteiger charge is 2.25. The van der Waals surface area contributed by atoms with E-state index < -0.39 is 11.9 Å². The molecule has 0 bridgehead atoms. The Labute approximate surface area is 111 Å². The number of carboxylic acid groups (broad SMARTS) is 1. The molecule has 1 aliphatic rings. The zero-order valence-corrected chi connectivity index (χ0v) is 11.0. The van der Waals surface area contributed by atoms with Crippen LogP contribution >= 0.6 is 0 Å². The molecule has 1 fully saturated rings. The molecule has 0 radical (unpaired) electrons. The van der Waals surface area contributed by atoms with Crippen LogP contribution < -0.4 is 5.32 Å². The van der Waals surface area contributed by atoms with Gasteiger partial charge in [0.1, 0.15) is 0 Å². The molecule has 1 amide bonds. The molecule has 6 nitrogen and oxygen atoms in total. The molecule has 0 saturated heterocycles. The van der Waals surface area contributed by atoms with Gasteiger partial charge >= 0.3 is 5.97 Å². The number of carbonyl (C=O) groups is 2. The second-order valence-electron chi connectivity index (χ2n) is 5.09. The average molecular weight is 265 g/mol. The van der Waals surface area contributed by atoms with Gasteiger partial charge in [-0.2, -0.15) is 0 Å². The number of imidazole rings is 1. The molecule has 6 heteroatoms. The maximum Gasteiger partial charge on any atom is 0.354 e. The number of aromatic nitrogens is 2. The van der Waals surface area contributed by atoms with E-state index in [9.17, 15) is 9.59 Å². The van der Waals surface area contributed by atoms with Crippen LogP contribution in [0.1, 0.15) is 60.0 Å². The maximum absolute atomic E-state index is 12.0. The molecule has 1 aromatic heterocycles. The largest absolute Gasteiger partial charge is 0.477 e. The zero-order valence-electron chi connectivity index (χ0n) is 11.0. The van der Waals surface area contributed by atoms with Crippen molar-refractivity contribution in [2.45, 2.75) is 45.1 Å². The van der Waals surface area contributed by atoms with Crippen LogP contribution in [-0.2, 0) is 0 Å². The third kappa shape index (κ3) is 3.13. The number of amides is 1. The topological polar surface area (TPSA) is 95.1 Å². The van der Waals surface area contributed by atoms with Crippen molar-refractivity contribution < 1.29 is 14.7 Å². The summed E-state index contributed by atoms with van der Waals surface area (Å²) in [7, 11) is 0. The molecule has 0 aromatic carbocycles. The number of H-pyrrole nitrogens is 1. The second kappa shape index (κ2) is 5.86. The van der Waals surface area contributed by atoms with Crippen molar-refractivity contribution in [3.8, 4) is 0 Å². The minimum atomic E-state index is -1.17. The van der Waals surface area contributed by atoms with Crippen LogP contribution in [0.3, 0.4) is 0 Å². The number of aromatic amines is 1. The second-order valence-corrected chi connectivity index (χ2v) is 5.09. The van der Waals surface area contributed by atoms with Crippen molar-refractivity contribution in [3.63, 3.8) is 0 Å². The van der Waals surface area contributed by atoms with Gasteiger partial charge in [0, 0.05) is 6.04 Å². The molecule has 104 valence electrons. The number of hydrogen-bond donors (Lipinski definition) is 3. The third-order valence-electron chi connectivity index (χ3n) is 3.78. The first-order valence-electron chi connectivity index (χ1n) is 6.67. The lowest BCUT2D eigenvalue weighted by Crippen LogP contribution is -2.39. The predicted octanol–water partition coefficient (Wildman–Crippen LogP) is 1.81. The summed E-state index contributed by atoms with van der Waals surface area (Å²) in [4.78, 5) is 29.2. The molecular formula is C13H19N3O3. The van der Waals surface area contributed by atoms with Crippen LogP contribution in [0, 0.1) is 5.92 Å². The quantitative estimate of drug-likeness (QED) is 0.773. The third-order valence-corrected chi connectivity index (χ3v) is 3.78. The van der Waals surface area contributed by atoms with E-state index in [1.807, 2.05) is 6.92 Å². The van der Waals surface area contributed by atoms with E-state index in [2.05, 4.69) is 15.3 Å². The lowest BCUT2D eigenvalue weighted by Gasteiger charge is -2.28. The Morgan fingerprint density at radius 2 is 2.11 bits per heavy atom. The van der Waals surface area contributed by atoms with E-state index in [1.54, 1.807) is 0 Å². The average Bonchev–Trinajstić information content (AvgIpc) is 2.89. The SMILES string of the molecule is C[C@@H](NC(=O)c1nc[nH]c1C(=O)O)C1CCCCC1. The highest BCUT2D eigenvalue weighted by molar-refractivity contribution is 6.02. The van der Waals surface area contributed by atoms with Gasteiger partial charge in [-0.1, -0.05) is 19.3 Å². The minimum Gasteiger partial charge on any atom is -0.477 e. The summed E-state index contributed by atoms with van der Waals surface area (Å²) in [5.74, 6) is -1.12. The molecule has 1 atom stereocenters. The van der Waals surface area contributed by atoms with Crippen LogP contribution in [0.4, 0.5) is 0 Å². The highest BCUT2D eigenvalue weighted by atomic mass is 16.4. The van der Waals surface area contributed by atoms with Crippen molar-refractivity contribution in [2.75, 3.05) is 0 Å². The summed E-state index contributed by atoms with van der Waals surface area (Å²) in [5, 5.41) is 11.8. The predicted molar refractivity (Wildman–Crippen MR) is 69.1 cm³/mol. The fourth-order valence-electron chi connectivity index (χ4n) is 2.66. The van der Waals surface area contributed by atoms with E-state index >= 15 is 0 Å². The fraction of sp³-hybridized carbons (Fsp3) is 0.615. The number of hydrogen-bond acceptors (Lipinski definition) is 3. The van der Waals surface area contributed by atoms with Gasteiger partial charge in [-0.15, -0.1) is 0 Å². The zero-order chi connectivity index (χ0) is 13.8. The molecule has 0 unspecified atom stereocenters. The summed E-state index contributed by atoms with van der Waals surface area (Å²) in [6.45, 7) is 1.97. The van der Waals surface area contributed by atoms with Gasteiger partial charge in [-0.25, -0.2) is 9.78 Å². The Balaban J connectivity index is 2.00. The van der Waals surface area contributed by atoms with Gasteiger partial charge in [0.15, 0.2) is 11.4 Å². The van der Waals surface area contributed by atoms with Crippen molar-refractivity contribution in [1.82, 2.24) is 15.3 Å². The lowest BCUT2D eigenvalue weighted by atomic mass is 9.84. The van der Waals surface area contributed by atoms with Crippen molar-refractivity contribution in [1.29, 1.82) is 0 Å². The van der Waals surface area contributed by atoms with Crippen LogP contribution in [0.2, 0.25) is 0 Å². The first kappa shape index (κ1) is 13.6. The van der Waals surface area contributed by atoms with Gasteiger partial charge in [-0.05, 0) is 25.7 Å². The first-order chi connectivity index (χ1) is 9.09. The Morgan fingerprint density at radius 3 is 2.74 bits per heavy atom. The van der Waals surface area contributed by atoms with Crippen LogP contribution in [0.25, 0.3) is 0 Å². The highest BCUT2D eigenvalue weighted by Crippen LogP contribution is 2.26. The summed E-state index contributed by atoms with van der Waals surface area (Å²) in [6, 6.07) is 0.0474. The van der Waals surface area contributed by atoms with Gasteiger partial charge < -0.3 is 15.4 Å². The van der Waals surface area contributed by atoms with Crippen molar-refractivity contribution >= 4 is 11.9 Å². The molecule has 3 N–H and O–H groups in total. The number of rotatable bonds is 4. The van der Waals surface area contributed by atoms with E-state index in [4.69, 9.17) is 5.11 Å². The molecule has 1 aliphatic carbocycles. The van der Waals surface area contributed by atoms with Crippen molar-refractivity contribution in [3.05, 3.63) is 17.7 Å². The minimum absolute atomic E-state index is 0.0461. The first-order valence-corrected chi connectivity index (χ1v) is 6.67. The van der Waals surface area contributed by atoms with E-state index in [1.165, 1.54) is 25.6 Å². The molecule has 0 aliphatic heterocycles. The lowest BCUT2D eigenvalue weighted by molar-refractivity contribution is 0.0684. The molecule has 0 spiro atoms. The summed E-state index contributed by atoms with van der Waals surface area (Å²) in [5.41, 5.74) is -0.205. The molecule has 19 heavy (non-hydrogen) atoms. The summed E-state index contributed by atoms with van der Waals surface area (Å²) >= 11 is 0. The standard InChI is InChI=1S/C13H19N3O3/c1-8(9-5-3-2-4-6-9)16-12(17)10-11(13(18)19)15-7-14-10/h7-9H,2-6H2,1H3,(H,14,15)(H,16,17)(H,18,19)/t8-/m1/s1. The number of carboxylic acids is 1. The fourth-order valence-corrected chi connectivity index (χ4v) is 2.66. The van der Waals surface area contributed by atoms with Gasteiger partial charge in [0.05, 0.1) is 6.33 Å². The van der Waals surface area contributed by atoms with E-state index in [-0.39, 0.29) is 17.4 Å². The van der Waals surface area contributed by atoms with Crippen LogP contribution in [0.5, 0.6) is 0 Å². The van der Waals surface area contributed by atoms with Crippen molar-refractivity contribution in [2.24, 2.45) is 5.92 Å². The number of carbonyl (C=O) groups excluding carboxylic acids is 1. The Morgan fingerprint density at radius 1 is 1.42 bits per heavy atom. The Hall–Kier alpha value is -1.85. The van der Waals surface area contributed by atoms with E-state index in [0.717, 1.165) is 12.8 Å². The van der Waals surface area contributed by atoms with Gasteiger partial charge in [0.2, 0.25) is 0 Å². The molecule has 1 aromatic rings. The van der Waals surface area contributed by atoms with Gasteiger partial charge in [-0.3, -0.25) is 4.79 Å². The van der Waals surface area contributed by atoms with Crippen LogP contribution in [-0.4, -0.2) is 33.0 Å². The number of nitrogens with one attached hydrogen (secondary N) is 2. The number of nitrogens with zero attached hydrogens (tertiary/aromatic N) is 1. The monoisotopic (exact) mass is 265 g/mol. The Bertz CT molecular complexity index is 463. The molecule has 1 heterocycles. The van der Waals surface area contributed by atoms with Gasteiger partial charge in [0.25, 0.3) is 5.91 Å². The molecule has 2 rings (SSSR count). The Kier molecular flexibility index (Phi) is 4.19.